The minimum atomic E-state index is -3.75. The number of carbonyl (C=O) groups is 1. The predicted octanol–water partition coefficient (Wildman–Crippen LogP) is 3.62. The van der Waals surface area contributed by atoms with Gasteiger partial charge in [-0.25, -0.2) is 8.42 Å². The lowest BCUT2D eigenvalue weighted by molar-refractivity contribution is -0.116. The summed E-state index contributed by atoms with van der Waals surface area (Å²) < 4.78 is 31.2. The molecule has 7 nitrogen and oxygen atoms in total. The van der Waals surface area contributed by atoms with Crippen molar-refractivity contribution >= 4 is 56.2 Å². The van der Waals surface area contributed by atoms with Gasteiger partial charge in [0.1, 0.15) is 6.04 Å². The number of nitrogens with zero attached hydrogens (tertiary/aromatic N) is 2. The van der Waals surface area contributed by atoms with Crippen LogP contribution in [0.4, 0.5) is 17.1 Å². The standard InChI is InChI=1S/C20H23Cl2N3O4S/c1-14(25(30(2,27)28)17-7-8-18(21)19(22)13-17)20(26)23-15-3-5-16(6-4-15)24-9-11-29-12-10-24/h3-8,13-14H,9-12H2,1-2H3,(H,23,26). The van der Waals surface area contributed by atoms with Crippen molar-refractivity contribution < 1.29 is 17.9 Å². The monoisotopic (exact) mass is 471 g/mol. The first-order valence-electron chi connectivity index (χ1n) is 9.35. The molecule has 0 aromatic heterocycles. The molecule has 10 heteroatoms. The summed E-state index contributed by atoms with van der Waals surface area (Å²) in [5.41, 5.74) is 1.88. The third kappa shape index (κ3) is 5.37. The predicted molar refractivity (Wildman–Crippen MR) is 121 cm³/mol. The van der Waals surface area contributed by atoms with Crippen LogP contribution in [0, 0.1) is 0 Å². The van der Waals surface area contributed by atoms with Gasteiger partial charge in [-0.15, -0.1) is 0 Å². The van der Waals surface area contributed by atoms with Gasteiger partial charge in [0.2, 0.25) is 15.9 Å². The minimum Gasteiger partial charge on any atom is -0.378 e. The molecule has 162 valence electrons. The molecule has 1 amide bonds. The summed E-state index contributed by atoms with van der Waals surface area (Å²) in [6, 6.07) is 10.8. The van der Waals surface area contributed by atoms with E-state index >= 15 is 0 Å². The van der Waals surface area contributed by atoms with Gasteiger partial charge in [0, 0.05) is 24.5 Å². The molecule has 2 aromatic rings. The number of rotatable bonds is 6. The van der Waals surface area contributed by atoms with Crippen LogP contribution in [0.15, 0.2) is 42.5 Å². The number of ether oxygens (including phenoxy) is 1. The first kappa shape index (κ1) is 22.7. The van der Waals surface area contributed by atoms with E-state index in [9.17, 15) is 13.2 Å². The number of halogens is 2. The summed E-state index contributed by atoms with van der Waals surface area (Å²) >= 11 is 12.0. The first-order valence-corrected chi connectivity index (χ1v) is 12.0. The molecule has 0 bridgehead atoms. The quantitative estimate of drug-likeness (QED) is 0.695. The molecule has 2 aromatic carbocycles. The Morgan fingerprint density at radius 2 is 1.73 bits per heavy atom. The lowest BCUT2D eigenvalue weighted by Crippen LogP contribution is -2.45. The highest BCUT2D eigenvalue weighted by atomic mass is 35.5. The van der Waals surface area contributed by atoms with Gasteiger partial charge in [0.25, 0.3) is 0 Å². The lowest BCUT2D eigenvalue weighted by atomic mass is 10.2. The smallest absolute Gasteiger partial charge is 0.247 e. The SMILES string of the molecule is CC(C(=O)Nc1ccc(N2CCOCC2)cc1)N(c1ccc(Cl)c(Cl)c1)S(C)(=O)=O. The van der Waals surface area contributed by atoms with E-state index in [1.165, 1.54) is 25.1 Å². The molecule has 1 atom stereocenters. The van der Waals surface area contributed by atoms with Crippen LogP contribution < -0.4 is 14.5 Å². The molecule has 0 radical (unpaired) electrons. The Balaban J connectivity index is 1.76. The van der Waals surface area contributed by atoms with Gasteiger partial charge in [-0.05, 0) is 49.4 Å². The fourth-order valence-corrected chi connectivity index (χ4v) is 4.71. The summed E-state index contributed by atoms with van der Waals surface area (Å²) in [5.74, 6) is -0.467. The Bertz CT molecular complexity index is 1010. The fraction of sp³-hybridized carbons (Fsp3) is 0.350. The second-order valence-electron chi connectivity index (χ2n) is 6.97. The van der Waals surface area contributed by atoms with Crippen LogP contribution in [0.1, 0.15) is 6.92 Å². The van der Waals surface area contributed by atoms with E-state index in [0.29, 0.717) is 23.9 Å². The molecular weight excluding hydrogens is 449 g/mol. The van der Waals surface area contributed by atoms with Crippen LogP contribution in [0.2, 0.25) is 10.0 Å². The van der Waals surface area contributed by atoms with Crippen molar-refractivity contribution in [2.75, 3.05) is 47.1 Å². The minimum absolute atomic E-state index is 0.203. The van der Waals surface area contributed by atoms with Gasteiger partial charge >= 0.3 is 0 Å². The van der Waals surface area contributed by atoms with Crippen molar-refractivity contribution in [2.24, 2.45) is 0 Å². The fourth-order valence-electron chi connectivity index (χ4n) is 3.25. The highest BCUT2D eigenvalue weighted by Gasteiger charge is 2.29. The molecule has 1 aliphatic heterocycles. The molecular formula is C20H23Cl2N3O4S. The Morgan fingerprint density at radius 3 is 2.30 bits per heavy atom. The van der Waals surface area contributed by atoms with Gasteiger partial charge in [0.15, 0.2) is 0 Å². The summed E-state index contributed by atoms with van der Waals surface area (Å²) in [6.07, 6.45) is 1.04. The Labute approximate surface area is 186 Å². The Morgan fingerprint density at radius 1 is 1.10 bits per heavy atom. The molecule has 1 aliphatic rings. The average molecular weight is 472 g/mol. The molecule has 1 unspecified atom stereocenters. The molecule has 3 rings (SSSR count). The van der Waals surface area contributed by atoms with E-state index in [1.807, 2.05) is 12.1 Å². The second kappa shape index (κ2) is 9.43. The van der Waals surface area contributed by atoms with Crippen LogP contribution in [0.5, 0.6) is 0 Å². The Hall–Kier alpha value is -2.00. The lowest BCUT2D eigenvalue weighted by Gasteiger charge is -2.29. The number of sulfonamides is 1. The van der Waals surface area contributed by atoms with Gasteiger partial charge in [-0.2, -0.15) is 0 Å². The number of morpholine rings is 1. The molecule has 1 fully saturated rings. The molecule has 1 N–H and O–H groups in total. The highest BCUT2D eigenvalue weighted by molar-refractivity contribution is 7.92. The number of carbonyl (C=O) groups excluding carboxylic acids is 1. The van der Waals surface area contributed by atoms with Crippen molar-refractivity contribution in [3.8, 4) is 0 Å². The van der Waals surface area contributed by atoms with Gasteiger partial charge < -0.3 is 15.0 Å². The molecule has 1 heterocycles. The van der Waals surface area contributed by atoms with Crippen molar-refractivity contribution in [1.29, 1.82) is 0 Å². The van der Waals surface area contributed by atoms with Crippen molar-refractivity contribution in [1.82, 2.24) is 0 Å². The van der Waals surface area contributed by atoms with E-state index in [4.69, 9.17) is 27.9 Å². The van der Waals surface area contributed by atoms with E-state index in [2.05, 4.69) is 10.2 Å². The van der Waals surface area contributed by atoms with Crippen molar-refractivity contribution in [3.63, 3.8) is 0 Å². The molecule has 1 saturated heterocycles. The highest BCUT2D eigenvalue weighted by Crippen LogP contribution is 2.30. The second-order valence-corrected chi connectivity index (χ2v) is 9.64. The van der Waals surface area contributed by atoms with Crippen molar-refractivity contribution in [2.45, 2.75) is 13.0 Å². The zero-order valence-electron chi connectivity index (χ0n) is 16.6. The maximum Gasteiger partial charge on any atom is 0.247 e. The topological polar surface area (TPSA) is 79.0 Å². The number of hydrogen-bond donors (Lipinski definition) is 1. The zero-order chi connectivity index (χ0) is 21.9. The largest absolute Gasteiger partial charge is 0.378 e. The molecule has 0 aliphatic carbocycles. The number of nitrogens with one attached hydrogen (secondary N) is 1. The maximum absolute atomic E-state index is 12.8. The molecule has 0 spiro atoms. The zero-order valence-corrected chi connectivity index (χ0v) is 19.0. The van der Waals surface area contributed by atoms with Crippen molar-refractivity contribution in [3.05, 3.63) is 52.5 Å². The maximum atomic E-state index is 12.8. The van der Waals surface area contributed by atoms with E-state index in [0.717, 1.165) is 29.3 Å². The van der Waals surface area contributed by atoms with Crippen LogP contribution >= 0.6 is 23.2 Å². The van der Waals surface area contributed by atoms with Gasteiger partial charge in [-0.3, -0.25) is 9.10 Å². The van der Waals surface area contributed by atoms with Crippen LogP contribution in [0.25, 0.3) is 0 Å². The van der Waals surface area contributed by atoms with Crippen LogP contribution in [-0.2, 0) is 19.6 Å². The number of amides is 1. The van der Waals surface area contributed by atoms with Crippen LogP contribution in [0.3, 0.4) is 0 Å². The van der Waals surface area contributed by atoms with E-state index < -0.39 is 22.0 Å². The third-order valence-corrected chi connectivity index (χ3v) is 6.74. The number of hydrogen-bond acceptors (Lipinski definition) is 5. The van der Waals surface area contributed by atoms with Gasteiger partial charge in [-0.1, -0.05) is 23.2 Å². The number of anilines is 3. The summed E-state index contributed by atoms with van der Waals surface area (Å²) in [4.78, 5) is 15.0. The molecule has 30 heavy (non-hydrogen) atoms. The third-order valence-electron chi connectivity index (χ3n) is 4.76. The summed E-state index contributed by atoms with van der Waals surface area (Å²) in [7, 11) is -3.75. The summed E-state index contributed by atoms with van der Waals surface area (Å²) in [5, 5.41) is 3.27. The average Bonchev–Trinajstić information content (AvgIpc) is 2.71. The number of benzene rings is 2. The molecule has 0 saturated carbocycles. The van der Waals surface area contributed by atoms with E-state index in [1.54, 1.807) is 12.1 Å². The normalized spacial score (nSPS) is 15.5. The Kier molecular flexibility index (Phi) is 7.13. The van der Waals surface area contributed by atoms with E-state index in [-0.39, 0.29) is 10.7 Å². The van der Waals surface area contributed by atoms with Gasteiger partial charge in [0.05, 0.1) is 35.2 Å². The first-order chi connectivity index (χ1) is 14.2. The van der Waals surface area contributed by atoms with Crippen LogP contribution in [-0.4, -0.2) is 52.9 Å². The summed E-state index contributed by atoms with van der Waals surface area (Å²) in [6.45, 7) is 4.52.